The van der Waals surface area contributed by atoms with E-state index in [-0.39, 0.29) is 5.54 Å². The monoisotopic (exact) mass is 362 g/mol. The number of aliphatic imine (C=N–C) groups is 1. The summed E-state index contributed by atoms with van der Waals surface area (Å²) in [7, 11) is 1.94. The van der Waals surface area contributed by atoms with Gasteiger partial charge in [0.15, 0.2) is 5.96 Å². The third-order valence-electron chi connectivity index (χ3n) is 7.74. The highest BCUT2D eigenvalue weighted by molar-refractivity contribution is 5.80. The molecule has 4 atom stereocenters. The number of nitrogens with zero attached hydrogens (tertiary/aromatic N) is 3. The third kappa shape index (κ3) is 2.85. The van der Waals surface area contributed by atoms with Crippen LogP contribution in [-0.2, 0) is 9.47 Å². The van der Waals surface area contributed by atoms with Crippen LogP contribution in [0.4, 0.5) is 0 Å². The molecular formula is C20H34N4O2. The largest absolute Gasteiger partial charge is 0.381 e. The van der Waals surface area contributed by atoms with Crippen LogP contribution in [0.15, 0.2) is 4.99 Å². The number of fused-ring (bicyclic) bond motifs is 5. The first kappa shape index (κ1) is 17.3. The lowest BCUT2D eigenvalue weighted by Crippen LogP contribution is -2.58. The lowest BCUT2D eigenvalue weighted by Gasteiger charge is -2.45. The van der Waals surface area contributed by atoms with Gasteiger partial charge in [-0.2, -0.15) is 0 Å². The van der Waals surface area contributed by atoms with E-state index in [1.165, 1.54) is 38.8 Å². The van der Waals surface area contributed by atoms with Gasteiger partial charge in [-0.05, 0) is 51.6 Å². The van der Waals surface area contributed by atoms with Gasteiger partial charge < -0.3 is 19.7 Å². The Bertz CT molecular complexity index is 524. The standard InChI is InChI=1S/C20H34N4O2/c1-21-19(23-12-15-16(13-23)18-5-4-17(15)26-18)22-14-20(6-10-25-11-7-20)24-8-2-3-9-24/h15-18H,2-14H2,1H3,(H,21,22). The van der Waals surface area contributed by atoms with E-state index in [1.807, 2.05) is 7.05 Å². The minimum absolute atomic E-state index is 0.252. The molecule has 0 radical (unpaired) electrons. The quantitative estimate of drug-likeness (QED) is 0.606. The molecule has 146 valence electrons. The first-order chi connectivity index (χ1) is 12.8. The molecule has 0 aliphatic carbocycles. The van der Waals surface area contributed by atoms with Crippen molar-refractivity contribution in [2.45, 2.75) is 56.3 Å². The zero-order valence-corrected chi connectivity index (χ0v) is 16.2. The van der Waals surface area contributed by atoms with Crippen LogP contribution in [-0.4, -0.2) is 86.5 Å². The van der Waals surface area contributed by atoms with Crippen LogP contribution in [0.25, 0.3) is 0 Å². The molecule has 0 aromatic carbocycles. The lowest BCUT2D eigenvalue weighted by molar-refractivity contribution is -0.0166. The normalized spacial score (nSPS) is 39.6. The van der Waals surface area contributed by atoms with Crippen LogP contribution >= 0.6 is 0 Å². The van der Waals surface area contributed by atoms with E-state index in [9.17, 15) is 0 Å². The van der Waals surface area contributed by atoms with E-state index < -0.39 is 0 Å². The molecule has 5 fully saturated rings. The van der Waals surface area contributed by atoms with E-state index in [0.29, 0.717) is 12.2 Å². The molecule has 5 aliphatic rings. The molecule has 0 amide bonds. The Morgan fingerprint density at radius 1 is 1.08 bits per heavy atom. The molecule has 2 bridgehead atoms. The second-order valence-electron chi connectivity index (χ2n) is 8.95. The van der Waals surface area contributed by atoms with Crippen molar-refractivity contribution in [3.63, 3.8) is 0 Å². The van der Waals surface area contributed by atoms with Gasteiger partial charge in [-0.1, -0.05) is 0 Å². The molecule has 6 nitrogen and oxygen atoms in total. The summed E-state index contributed by atoms with van der Waals surface area (Å²) in [5, 5.41) is 3.78. The fourth-order valence-corrected chi connectivity index (χ4v) is 6.26. The summed E-state index contributed by atoms with van der Waals surface area (Å²) in [6, 6.07) is 0. The zero-order chi connectivity index (χ0) is 17.6. The van der Waals surface area contributed by atoms with Gasteiger partial charge in [0.2, 0.25) is 0 Å². The molecule has 5 heterocycles. The Morgan fingerprint density at radius 3 is 2.35 bits per heavy atom. The van der Waals surface area contributed by atoms with E-state index in [2.05, 4.69) is 20.1 Å². The summed E-state index contributed by atoms with van der Waals surface area (Å²) in [5.41, 5.74) is 0.252. The highest BCUT2D eigenvalue weighted by atomic mass is 16.5. The summed E-state index contributed by atoms with van der Waals surface area (Å²) in [4.78, 5) is 9.88. The van der Waals surface area contributed by atoms with Crippen molar-refractivity contribution in [1.29, 1.82) is 0 Å². The van der Waals surface area contributed by atoms with Crippen LogP contribution in [0.3, 0.4) is 0 Å². The average Bonchev–Trinajstić information content (AvgIpc) is 3.45. The minimum atomic E-state index is 0.252. The predicted octanol–water partition coefficient (Wildman–Crippen LogP) is 1.32. The van der Waals surface area contributed by atoms with Gasteiger partial charge in [-0.3, -0.25) is 9.89 Å². The number of guanidine groups is 1. The molecule has 5 rings (SSSR count). The van der Waals surface area contributed by atoms with Crippen molar-refractivity contribution in [3.05, 3.63) is 0 Å². The van der Waals surface area contributed by atoms with Crippen LogP contribution in [0.5, 0.6) is 0 Å². The van der Waals surface area contributed by atoms with E-state index in [4.69, 9.17) is 9.47 Å². The van der Waals surface area contributed by atoms with Crippen LogP contribution in [0.2, 0.25) is 0 Å². The SMILES string of the molecule is CN=C(NCC1(N2CCCC2)CCOCC1)N1CC2C3CCC(O3)C2C1. The van der Waals surface area contributed by atoms with Crippen LogP contribution in [0.1, 0.15) is 38.5 Å². The van der Waals surface area contributed by atoms with E-state index in [0.717, 1.165) is 63.5 Å². The van der Waals surface area contributed by atoms with Gasteiger partial charge in [0.25, 0.3) is 0 Å². The summed E-state index contributed by atoms with van der Waals surface area (Å²) in [5.74, 6) is 2.55. The van der Waals surface area contributed by atoms with Gasteiger partial charge in [-0.15, -0.1) is 0 Å². The predicted molar refractivity (Wildman–Crippen MR) is 101 cm³/mol. The van der Waals surface area contributed by atoms with E-state index >= 15 is 0 Å². The fourth-order valence-electron chi connectivity index (χ4n) is 6.26. The molecule has 0 saturated carbocycles. The topological polar surface area (TPSA) is 49.3 Å². The Morgan fingerprint density at radius 2 is 1.73 bits per heavy atom. The second kappa shape index (κ2) is 6.95. The van der Waals surface area contributed by atoms with Crippen LogP contribution < -0.4 is 5.32 Å². The number of rotatable bonds is 3. The van der Waals surface area contributed by atoms with Gasteiger partial charge in [0, 0.05) is 57.3 Å². The summed E-state index contributed by atoms with van der Waals surface area (Å²) < 4.78 is 11.8. The number of hydrogen-bond donors (Lipinski definition) is 1. The molecule has 0 spiro atoms. The Balaban J connectivity index is 1.24. The molecule has 5 aliphatic heterocycles. The van der Waals surface area contributed by atoms with Gasteiger partial charge in [0.1, 0.15) is 0 Å². The van der Waals surface area contributed by atoms with Crippen molar-refractivity contribution in [2.75, 3.05) is 53.0 Å². The smallest absolute Gasteiger partial charge is 0.193 e. The molecule has 6 heteroatoms. The molecule has 5 saturated heterocycles. The summed E-state index contributed by atoms with van der Waals surface area (Å²) in [6.07, 6.45) is 8.53. The Labute approximate surface area is 157 Å². The zero-order valence-electron chi connectivity index (χ0n) is 16.2. The van der Waals surface area contributed by atoms with Crippen molar-refractivity contribution >= 4 is 5.96 Å². The van der Waals surface area contributed by atoms with Gasteiger partial charge in [0.05, 0.1) is 12.2 Å². The highest BCUT2D eigenvalue weighted by Gasteiger charge is 2.53. The molecule has 0 aromatic heterocycles. The first-order valence-electron chi connectivity index (χ1n) is 10.7. The minimum Gasteiger partial charge on any atom is -0.381 e. The van der Waals surface area contributed by atoms with Crippen molar-refractivity contribution in [1.82, 2.24) is 15.1 Å². The average molecular weight is 363 g/mol. The lowest BCUT2D eigenvalue weighted by atomic mass is 9.82. The Kier molecular flexibility index (Phi) is 4.62. The highest BCUT2D eigenvalue weighted by Crippen LogP contribution is 2.47. The second-order valence-corrected chi connectivity index (χ2v) is 8.95. The van der Waals surface area contributed by atoms with Crippen LogP contribution in [0, 0.1) is 11.8 Å². The maximum Gasteiger partial charge on any atom is 0.193 e. The maximum absolute atomic E-state index is 6.13. The Hall–Kier alpha value is -0.850. The van der Waals surface area contributed by atoms with Gasteiger partial charge in [-0.25, -0.2) is 0 Å². The van der Waals surface area contributed by atoms with Gasteiger partial charge >= 0.3 is 0 Å². The summed E-state index contributed by atoms with van der Waals surface area (Å²) in [6.45, 7) is 7.51. The molecule has 26 heavy (non-hydrogen) atoms. The van der Waals surface area contributed by atoms with Crippen molar-refractivity contribution < 1.29 is 9.47 Å². The molecule has 4 unspecified atom stereocenters. The van der Waals surface area contributed by atoms with Crippen molar-refractivity contribution in [2.24, 2.45) is 16.8 Å². The van der Waals surface area contributed by atoms with E-state index in [1.54, 1.807) is 0 Å². The number of ether oxygens (including phenoxy) is 2. The third-order valence-corrected chi connectivity index (χ3v) is 7.74. The fraction of sp³-hybridized carbons (Fsp3) is 0.950. The number of likely N-dealkylation sites (tertiary alicyclic amines) is 2. The maximum atomic E-state index is 6.13. The molecular weight excluding hydrogens is 328 g/mol. The molecule has 0 aromatic rings. The molecule has 1 N–H and O–H groups in total. The first-order valence-corrected chi connectivity index (χ1v) is 10.7. The van der Waals surface area contributed by atoms with Crippen molar-refractivity contribution in [3.8, 4) is 0 Å². The number of nitrogens with one attached hydrogen (secondary N) is 1. The summed E-state index contributed by atoms with van der Waals surface area (Å²) >= 11 is 0. The number of hydrogen-bond acceptors (Lipinski definition) is 4.